The van der Waals surface area contributed by atoms with Crippen LogP contribution in [0, 0.1) is 0 Å². The normalized spacial score (nSPS) is 11.8. The van der Waals surface area contributed by atoms with Crippen LogP contribution < -0.4 is 5.32 Å². The molecule has 0 aromatic heterocycles. The number of benzene rings is 3. The van der Waals surface area contributed by atoms with Crippen molar-refractivity contribution >= 4 is 17.5 Å². The Morgan fingerprint density at radius 2 is 1.65 bits per heavy atom. The highest BCUT2D eigenvalue weighted by Crippen LogP contribution is 2.23. The molecule has 1 amide bonds. The van der Waals surface area contributed by atoms with Crippen molar-refractivity contribution < 1.29 is 4.79 Å². The maximum absolute atomic E-state index is 12.3. The van der Waals surface area contributed by atoms with Gasteiger partial charge in [-0.05, 0) is 53.3 Å². The smallest absolute Gasteiger partial charge is 0.251 e. The summed E-state index contributed by atoms with van der Waals surface area (Å²) in [5, 5.41) is 3.72. The summed E-state index contributed by atoms with van der Waals surface area (Å²) in [6.07, 6.45) is 0.909. The summed E-state index contributed by atoms with van der Waals surface area (Å²) in [7, 11) is 0. The minimum Gasteiger partial charge on any atom is -0.348 e. The van der Waals surface area contributed by atoms with Gasteiger partial charge in [0.05, 0.1) is 0 Å². The Balaban J connectivity index is 1.58. The number of carbonyl (C=O) groups excluding carboxylic acids is 1. The van der Waals surface area contributed by atoms with Crippen molar-refractivity contribution in [1.29, 1.82) is 0 Å². The summed E-state index contributed by atoms with van der Waals surface area (Å²) in [6.45, 7) is 2.72. The van der Waals surface area contributed by atoms with Gasteiger partial charge in [-0.1, -0.05) is 73.1 Å². The van der Waals surface area contributed by atoms with Gasteiger partial charge in [0.15, 0.2) is 0 Å². The van der Waals surface area contributed by atoms with E-state index in [1.54, 1.807) is 0 Å². The van der Waals surface area contributed by atoms with Gasteiger partial charge >= 0.3 is 0 Å². The van der Waals surface area contributed by atoms with E-state index in [9.17, 15) is 4.79 Å². The van der Waals surface area contributed by atoms with Crippen LogP contribution in [0.5, 0.6) is 0 Å². The van der Waals surface area contributed by atoms with E-state index >= 15 is 0 Å². The number of rotatable bonds is 6. The van der Waals surface area contributed by atoms with Gasteiger partial charge in [-0.2, -0.15) is 0 Å². The Kier molecular flexibility index (Phi) is 6.08. The van der Waals surface area contributed by atoms with Gasteiger partial charge in [0.25, 0.3) is 5.91 Å². The molecule has 3 rings (SSSR count). The summed E-state index contributed by atoms with van der Waals surface area (Å²) >= 11 is 6.08. The highest BCUT2D eigenvalue weighted by molar-refractivity contribution is 6.30. The van der Waals surface area contributed by atoms with E-state index in [1.807, 2.05) is 72.8 Å². The summed E-state index contributed by atoms with van der Waals surface area (Å²) in [5.74, 6) is 0.315. The van der Waals surface area contributed by atoms with E-state index in [1.165, 1.54) is 11.1 Å². The predicted octanol–water partition coefficient (Wildman–Crippen LogP) is 5.62. The Morgan fingerprint density at radius 1 is 0.923 bits per heavy atom. The van der Waals surface area contributed by atoms with Gasteiger partial charge < -0.3 is 5.32 Å². The molecule has 1 unspecified atom stereocenters. The number of hydrogen-bond donors (Lipinski definition) is 1. The molecule has 0 spiro atoms. The first-order chi connectivity index (χ1) is 12.6. The third-order valence-corrected chi connectivity index (χ3v) is 4.71. The number of carbonyl (C=O) groups is 1. The quantitative estimate of drug-likeness (QED) is 0.605. The second kappa shape index (κ2) is 8.68. The molecule has 0 heterocycles. The van der Waals surface area contributed by atoms with Crippen LogP contribution in [-0.4, -0.2) is 5.91 Å². The molecule has 0 radical (unpaired) electrons. The zero-order valence-corrected chi connectivity index (χ0v) is 15.5. The lowest BCUT2D eigenvalue weighted by Crippen LogP contribution is -2.22. The maximum Gasteiger partial charge on any atom is 0.251 e. The third-order valence-electron chi connectivity index (χ3n) is 4.47. The largest absolute Gasteiger partial charge is 0.348 e. The van der Waals surface area contributed by atoms with Gasteiger partial charge in [-0.25, -0.2) is 0 Å². The predicted molar refractivity (Wildman–Crippen MR) is 108 cm³/mol. The maximum atomic E-state index is 12.3. The standard InChI is InChI=1S/C23H22ClNO/c1-17(21-8-5-9-22(24)15-21)14-18-10-12-20(13-11-18)23(26)25-16-19-6-3-2-4-7-19/h2-13,15,17H,14,16H2,1H3,(H,25,26). The Hall–Kier alpha value is -2.58. The molecule has 1 N–H and O–H groups in total. The van der Waals surface area contributed by atoms with E-state index in [2.05, 4.69) is 18.3 Å². The van der Waals surface area contributed by atoms with E-state index in [4.69, 9.17) is 11.6 Å². The minimum absolute atomic E-state index is 0.0525. The molecule has 1 atom stereocenters. The van der Waals surface area contributed by atoms with Crippen molar-refractivity contribution in [2.24, 2.45) is 0 Å². The average molecular weight is 364 g/mol. The second-order valence-corrected chi connectivity index (χ2v) is 6.96. The Morgan fingerprint density at radius 3 is 2.35 bits per heavy atom. The molecular formula is C23H22ClNO. The number of amides is 1. The summed E-state index contributed by atoms with van der Waals surface area (Å²) < 4.78 is 0. The SMILES string of the molecule is CC(Cc1ccc(C(=O)NCc2ccccc2)cc1)c1cccc(Cl)c1. The van der Waals surface area contributed by atoms with Crippen LogP contribution in [0.3, 0.4) is 0 Å². The molecule has 0 bridgehead atoms. The van der Waals surface area contributed by atoms with E-state index in [0.717, 1.165) is 17.0 Å². The van der Waals surface area contributed by atoms with Gasteiger partial charge in [-0.15, -0.1) is 0 Å². The lowest BCUT2D eigenvalue weighted by atomic mass is 9.93. The first-order valence-electron chi connectivity index (χ1n) is 8.78. The van der Waals surface area contributed by atoms with Crippen LogP contribution in [0.15, 0.2) is 78.9 Å². The first kappa shape index (κ1) is 18.2. The molecule has 2 nitrogen and oxygen atoms in total. The van der Waals surface area contributed by atoms with Crippen molar-refractivity contribution in [3.8, 4) is 0 Å². The lowest BCUT2D eigenvalue weighted by molar-refractivity contribution is 0.0951. The minimum atomic E-state index is -0.0525. The summed E-state index contributed by atoms with van der Waals surface area (Å²) in [5.41, 5.74) is 4.20. The molecule has 3 aromatic carbocycles. The number of halogens is 1. The highest BCUT2D eigenvalue weighted by atomic mass is 35.5. The van der Waals surface area contributed by atoms with Gasteiger partial charge in [0.1, 0.15) is 0 Å². The number of hydrogen-bond acceptors (Lipinski definition) is 1. The Labute approximate surface area is 159 Å². The molecule has 0 aliphatic carbocycles. The van der Waals surface area contributed by atoms with E-state index in [-0.39, 0.29) is 5.91 Å². The van der Waals surface area contributed by atoms with Crippen LogP contribution in [0.2, 0.25) is 5.02 Å². The third kappa shape index (κ3) is 4.96. The molecule has 0 fully saturated rings. The zero-order valence-electron chi connectivity index (χ0n) is 14.8. The molecule has 3 aromatic rings. The molecular weight excluding hydrogens is 342 g/mol. The van der Waals surface area contributed by atoms with Crippen molar-refractivity contribution in [2.45, 2.75) is 25.8 Å². The zero-order chi connectivity index (χ0) is 18.4. The fraction of sp³-hybridized carbons (Fsp3) is 0.174. The summed E-state index contributed by atoms with van der Waals surface area (Å²) in [6, 6.07) is 25.7. The highest BCUT2D eigenvalue weighted by Gasteiger charge is 2.09. The van der Waals surface area contributed by atoms with Gasteiger partial charge in [-0.3, -0.25) is 4.79 Å². The van der Waals surface area contributed by atoms with Crippen LogP contribution in [0.25, 0.3) is 0 Å². The molecule has 0 aliphatic rings. The van der Waals surface area contributed by atoms with Crippen molar-refractivity contribution in [1.82, 2.24) is 5.32 Å². The molecule has 0 saturated heterocycles. The van der Waals surface area contributed by atoms with Crippen molar-refractivity contribution in [3.05, 3.63) is 106 Å². The fourth-order valence-corrected chi connectivity index (χ4v) is 3.16. The van der Waals surface area contributed by atoms with E-state index < -0.39 is 0 Å². The average Bonchev–Trinajstić information content (AvgIpc) is 2.67. The van der Waals surface area contributed by atoms with Crippen LogP contribution in [0.1, 0.15) is 39.9 Å². The topological polar surface area (TPSA) is 29.1 Å². The molecule has 26 heavy (non-hydrogen) atoms. The fourth-order valence-electron chi connectivity index (χ4n) is 2.96. The monoisotopic (exact) mass is 363 g/mol. The van der Waals surface area contributed by atoms with Gasteiger partial charge in [0.2, 0.25) is 0 Å². The number of nitrogens with one attached hydrogen (secondary N) is 1. The van der Waals surface area contributed by atoms with Crippen LogP contribution >= 0.6 is 11.6 Å². The summed E-state index contributed by atoms with van der Waals surface area (Å²) in [4.78, 5) is 12.3. The van der Waals surface area contributed by atoms with E-state index in [0.29, 0.717) is 18.0 Å². The Bertz CT molecular complexity index is 859. The van der Waals surface area contributed by atoms with Gasteiger partial charge in [0, 0.05) is 17.1 Å². The molecule has 132 valence electrons. The molecule has 0 aliphatic heterocycles. The van der Waals surface area contributed by atoms with Crippen molar-refractivity contribution in [2.75, 3.05) is 0 Å². The van der Waals surface area contributed by atoms with Crippen LogP contribution in [-0.2, 0) is 13.0 Å². The molecule has 0 saturated carbocycles. The molecule has 3 heteroatoms. The first-order valence-corrected chi connectivity index (χ1v) is 9.16. The second-order valence-electron chi connectivity index (χ2n) is 6.53. The van der Waals surface area contributed by atoms with Crippen molar-refractivity contribution in [3.63, 3.8) is 0 Å². The van der Waals surface area contributed by atoms with Crippen LogP contribution in [0.4, 0.5) is 0 Å². The lowest BCUT2D eigenvalue weighted by Gasteiger charge is -2.13.